The molecule has 0 bridgehead atoms. The van der Waals surface area contributed by atoms with Gasteiger partial charge in [-0.15, -0.1) is 0 Å². The van der Waals surface area contributed by atoms with Crippen LogP contribution in [-0.2, 0) is 0 Å². The first-order valence-corrected chi connectivity index (χ1v) is 6.73. The number of hydrazone groups is 1. The Morgan fingerprint density at radius 2 is 2.00 bits per heavy atom. The summed E-state index contributed by atoms with van der Waals surface area (Å²) in [7, 11) is 0. The van der Waals surface area contributed by atoms with E-state index in [1.165, 1.54) is 18.7 Å². The van der Waals surface area contributed by atoms with Crippen molar-refractivity contribution < 1.29 is 4.39 Å². The molecule has 0 aromatic heterocycles. The van der Waals surface area contributed by atoms with Gasteiger partial charge in [0, 0.05) is 17.6 Å². The van der Waals surface area contributed by atoms with Crippen LogP contribution in [0, 0.1) is 5.82 Å². The molecular formula is C14H18ClFN2. The summed E-state index contributed by atoms with van der Waals surface area (Å²) in [4.78, 5) is 0. The Kier molecular flexibility index (Phi) is 4.23. The van der Waals surface area contributed by atoms with E-state index in [1.54, 1.807) is 12.1 Å². The highest BCUT2D eigenvalue weighted by atomic mass is 35.5. The van der Waals surface area contributed by atoms with Crippen LogP contribution in [0.1, 0.15) is 38.7 Å². The van der Waals surface area contributed by atoms with Crippen molar-refractivity contribution in [1.82, 2.24) is 5.01 Å². The molecule has 0 unspecified atom stereocenters. The van der Waals surface area contributed by atoms with Crippen LogP contribution in [0.5, 0.6) is 0 Å². The molecule has 4 heteroatoms. The standard InChI is InChI=1S/C14H18ClFN2/c1-10-5-3-6-11(2)18(10)17-9-12-13(15)7-4-8-14(12)16/h4,7-11H,3,5-6H2,1-2H3/b17-9-/t10-,11+. The molecule has 2 rings (SSSR count). The average Bonchev–Trinajstić information content (AvgIpc) is 2.31. The van der Waals surface area contributed by atoms with Crippen LogP contribution in [-0.4, -0.2) is 23.3 Å². The first kappa shape index (κ1) is 13.3. The summed E-state index contributed by atoms with van der Waals surface area (Å²) in [5, 5.41) is 6.87. The fourth-order valence-corrected chi connectivity index (χ4v) is 2.61. The van der Waals surface area contributed by atoms with Crippen LogP contribution in [0.15, 0.2) is 23.3 Å². The van der Waals surface area contributed by atoms with Crippen molar-refractivity contribution in [2.75, 3.05) is 0 Å². The Morgan fingerprint density at radius 3 is 2.61 bits per heavy atom. The van der Waals surface area contributed by atoms with E-state index < -0.39 is 0 Å². The van der Waals surface area contributed by atoms with Crippen molar-refractivity contribution in [3.63, 3.8) is 0 Å². The van der Waals surface area contributed by atoms with Gasteiger partial charge in [-0.05, 0) is 45.2 Å². The average molecular weight is 269 g/mol. The first-order valence-electron chi connectivity index (χ1n) is 6.36. The first-order chi connectivity index (χ1) is 8.59. The fraction of sp³-hybridized carbons (Fsp3) is 0.500. The third kappa shape index (κ3) is 2.83. The molecule has 0 radical (unpaired) electrons. The SMILES string of the molecule is C[C@@H]1CCC[C@H](C)N1/N=C\c1c(F)cccc1Cl. The van der Waals surface area contributed by atoms with Gasteiger partial charge in [0.15, 0.2) is 0 Å². The lowest BCUT2D eigenvalue weighted by molar-refractivity contribution is 0.109. The molecule has 1 aliphatic rings. The summed E-state index contributed by atoms with van der Waals surface area (Å²) in [5.41, 5.74) is 0.365. The van der Waals surface area contributed by atoms with Crippen LogP contribution in [0.4, 0.5) is 4.39 Å². The van der Waals surface area contributed by atoms with E-state index >= 15 is 0 Å². The molecule has 1 heterocycles. The second kappa shape index (κ2) is 5.70. The predicted molar refractivity (Wildman–Crippen MR) is 73.6 cm³/mol. The number of hydrogen-bond acceptors (Lipinski definition) is 2. The number of hydrogen-bond donors (Lipinski definition) is 0. The molecule has 0 aliphatic carbocycles. The highest BCUT2D eigenvalue weighted by Crippen LogP contribution is 2.23. The van der Waals surface area contributed by atoms with E-state index in [0.717, 1.165) is 12.8 Å². The molecule has 0 saturated carbocycles. The van der Waals surface area contributed by atoms with Gasteiger partial charge >= 0.3 is 0 Å². The second-order valence-corrected chi connectivity index (χ2v) is 5.30. The van der Waals surface area contributed by atoms with Gasteiger partial charge in [-0.3, -0.25) is 5.01 Å². The van der Waals surface area contributed by atoms with Gasteiger partial charge in [-0.1, -0.05) is 17.7 Å². The maximum absolute atomic E-state index is 13.6. The molecule has 1 aromatic rings. The Balaban J connectivity index is 2.19. The molecule has 0 N–H and O–H groups in total. The zero-order valence-corrected chi connectivity index (χ0v) is 11.5. The Morgan fingerprint density at radius 1 is 1.33 bits per heavy atom. The minimum atomic E-state index is -0.330. The smallest absolute Gasteiger partial charge is 0.133 e. The van der Waals surface area contributed by atoms with Gasteiger partial charge in [0.05, 0.1) is 11.2 Å². The number of halogens is 2. The van der Waals surface area contributed by atoms with Gasteiger partial charge in [0.2, 0.25) is 0 Å². The number of rotatable bonds is 2. The number of piperidine rings is 1. The largest absolute Gasteiger partial charge is 0.292 e. The molecule has 2 nitrogen and oxygen atoms in total. The summed E-state index contributed by atoms with van der Waals surface area (Å²) >= 11 is 5.97. The van der Waals surface area contributed by atoms with Crippen LogP contribution < -0.4 is 0 Å². The summed E-state index contributed by atoms with van der Waals surface area (Å²) < 4.78 is 13.6. The number of nitrogens with zero attached hydrogens (tertiary/aromatic N) is 2. The molecular weight excluding hydrogens is 251 g/mol. The van der Waals surface area contributed by atoms with E-state index in [2.05, 4.69) is 18.9 Å². The van der Waals surface area contributed by atoms with Crippen molar-refractivity contribution in [3.8, 4) is 0 Å². The maximum atomic E-state index is 13.6. The molecule has 98 valence electrons. The fourth-order valence-electron chi connectivity index (χ4n) is 2.39. The molecule has 0 amide bonds. The van der Waals surface area contributed by atoms with Crippen LogP contribution in [0.2, 0.25) is 5.02 Å². The molecule has 1 aliphatic heterocycles. The van der Waals surface area contributed by atoms with Crippen molar-refractivity contribution in [1.29, 1.82) is 0 Å². The van der Waals surface area contributed by atoms with Gasteiger partial charge in [0.1, 0.15) is 5.82 Å². The summed E-state index contributed by atoms with van der Waals surface area (Å²) in [6.07, 6.45) is 5.03. The lowest BCUT2D eigenvalue weighted by atomic mass is 10.00. The van der Waals surface area contributed by atoms with Crippen LogP contribution in [0.25, 0.3) is 0 Å². The normalized spacial score (nSPS) is 24.8. The third-order valence-corrected chi connectivity index (χ3v) is 3.80. The highest BCUT2D eigenvalue weighted by Gasteiger charge is 2.22. The van der Waals surface area contributed by atoms with Crippen molar-refractivity contribution >= 4 is 17.8 Å². The zero-order valence-electron chi connectivity index (χ0n) is 10.7. The molecule has 1 aromatic carbocycles. The topological polar surface area (TPSA) is 15.6 Å². The monoisotopic (exact) mass is 268 g/mol. The highest BCUT2D eigenvalue weighted by molar-refractivity contribution is 6.33. The van der Waals surface area contributed by atoms with Gasteiger partial charge in [-0.2, -0.15) is 5.10 Å². The van der Waals surface area contributed by atoms with Crippen LogP contribution >= 0.6 is 11.6 Å². The summed E-state index contributed by atoms with van der Waals surface area (Å²) in [6.45, 7) is 4.30. The van der Waals surface area contributed by atoms with E-state index in [1.807, 2.05) is 5.01 Å². The summed E-state index contributed by atoms with van der Waals surface area (Å²) in [6, 6.07) is 5.47. The zero-order chi connectivity index (χ0) is 13.1. The van der Waals surface area contributed by atoms with E-state index in [4.69, 9.17) is 11.6 Å². The minimum absolute atomic E-state index is 0.330. The van der Waals surface area contributed by atoms with Crippen molar-refractivity contribution in [2.45, 2.75) is 45.2 Å². The molecule has 2 atom stereocenters. The van der Waals surface area contributed by atoms with Gasteiger partial charge in [-0.25, -0.2) is 4.39 Å². The molecule has 0 spiro atoms. The van der Waals surface area contributed by atoms with E-state index in [-0.39, 0.29) is 5.82 Å². The third-order valence-electron chi connectivity index (χ3n) is 3.47. The van der Waals surface area contributed by atoms with E-state index in [9.17, 15) is 4.39 Å². The second-order valence-electron chi connectivity index (χ2n) is 4.89. The Hall–Kier alpha value is -1.09. The van der Waals surface area contributed by atoms with Gasteiger partial charge in [0.25, 0.3) is 0 Å². The molecule has 18 heavy (non-hydrogen) atoms. The van der Waals surface area contributed by atoms with Gasteiger partial charge < -0.3 is 0 Å². The predicted octanol–water partition coefficient (Wildman–Crippen LogP) is 4.08. The molecule has 1 fully saturated rings. The van der Waals surface area contributed by atoms with Crippen LogP contribution in [0.3, 0.4) is 0 Å². The van der Waals surface area contributed by atoms with Crippen molar-refractivity contribution in [2.24, 2.45) is 5.10 Å². The summed E-state index contributed by atoms with van der Waals surface area (Å²) in [5.74, 6) is -0.330. The molecule has 1 saturated heterocycles. The quantitative estimate of drug-likeness (QED) is 0.738. The lowest BCUT2D eigenvalue weighted by Gasteiger charge is -2.36. The maximum Gasteiger partial charge on any atom is 0.133 e. The van der Waals surface area contributed by atoms with E-state index in [0.29, 0.717) is 22.7 Å². The minimum Gasteiger partial charge on any atom is -0.292 e. The lowest BCUT2D eigenvalue weighted by Crippen LogP contribution is -2.39. The Bertz CT molecular complexity index is 417. The van der Waals surface area contributed by atoms with Crippen molar-refractivity contribution in [3.05, 3.63) is 34.6 Å². The Labute approximate surface area is 112 Å². The number of benzene rings is 1.